The quantitative estimate of drug-likeness (QED) is 0.696. The predicted molar refractivity (Wildman–Crippen MR) is 72.2 cm³/mol. The standard InChI is InChI=1S/C13H27N3O2/c1-11(10-14)9-13(18)16(7-8-17)12-3-5-15(2)6-4-12/h11-12,17H,3-10,14H2,1-2H3. The molecule has 0 aromatic heterocycles. The monoisotopic (exact) mass is 257 g/mol. The molecule has 0 aliphatic carbocycles. The van der Waals surface area contributed by atoms with Gasteiger partial charge in [-0.1, -0.05) is 6.92 Å². The van der Waals surface area contributed by atoms with Crippen molar-refractivity contribution in [2.75, 3.05) is 39.8 Å². The second kappa shape index (κ2) is 7.71. The highest BCUT2D eigenvalue weighted by molar-refractivity contribution is 5.76. The highest BCUT2D eigenvalue weighted by Gasteiger charge is 2.26. The Balaban J connectivity index is 2.55. The minimum absolute atomic E-state index is 0.0368. The van der Waals surface area contributed by atoms with E-state index in [1.165, 1.54) is 0 Å². The highest BCUT2D eigenvalue weighted by atomic mass is 16.3. The molecule has 5 heteroatoms. The maximum atomic E-state index is 12.2. The summed E-state index contributed by atoms with van der Waals surface area (Å²) in [6.45, 7) is 5.05. The molecule has 0 bridgehead atoms. The fourth-order valence-corrected chi connectivity index (χ4v) is 2.42. The van der Waals surface area contributed by atoms with Crippen molar-refractivity contribution >= 4 is 5.91 Å². The van der Waals surface area contributed by atoms with E-state index >= 15 is 0 Å². The van der Waals surface area contributed by atoms with E-state index in [1.54, 1.807) is 0 Å². The number of hydrogen-bond acceptors (Lipinski definition) is 4. The third kappa shape index (κ3) is 4.55. The largest absolute Gasteiger partial charge is 0.395 e. The summed E-state index contributed by atoms with van der Waals surface area (Å²) in [4.78, 5) is 16.4. The van der Waals surface area contributed by atoms with Gasteiger partial charge in [-0.3, -0.25) is 4.79 Å². The van der Waals surface area contributed by atoms with Crippen LogP contribution in [0.2, 0.25) is 0 Å². The zero-order chi connectivity index (χ0) is 13.5. The van der Waals surface area contributed by atoms with Crippen LogP contribution in [-0.4, -0.2) is 66.7 Å². The molecule has 1 unspecified atom stereocenters. The van der Waals surface area contributed by atoms with Gasteiger partial charge in [0.15, 0.2) is 0 Å². The summed E-state index contributed by atoms with van der Waals surface area (Å²) in [7, 11) is 2.10. The SMILES string of the molecule is CC(CN)CC(=O)N(CCO)C1CCN(C)CC1. The van der Waals surface area contributed by atoms with E-state index in [-0.39, 0.29) is 24.5 Å². The van der Waals surface area contributed by atoms with Gasteiger partial charge in [0.25, 0.3) is 0 Å². The van der Waals surface area contributed by atoms with Crippen LogP contribution in [0.4, 0.5) is 0 Å². The van der Waals surface area contributed by atoms with E-state index in [1.807, 2.05) is 11.8 Å². The summed E-state index contributed by atoms with van der Waals surface area (Å²) in [6, 6.07) is 0.283. The first-order valence-corrected chi connectivity index (χ1v) is 6.87. The Bertz CT molecular complexity index is 253. The van der Waals surface area contributed by atoms with E-state index in [4.69, 9.17) is 10.8 Å². The van der Waals surface area contributed by atoms with Crippen LogP contribution in [0.15, 0.2) is 0 Å². The van der Waals surface area contributed by atoms with Crippen molar-refractivity contribution in [3.8, 4) is 0 Å². The molecule has 3 N–H and O–H groups in total. The van der Waals surface area contributed by atoms with E-state index in [0.29, 0.717) is 19.5 Å². The third-order valence-electron chi connectivity index (χ3n) is 3.72. The predicted octanol–water partition coefficient (Wildman–Crippen LogP) is -0.114. The fraction of sp³-hybridized carbons (Fsp3) is 0.923. The van der Waals surface area contributed by atoms with Gasteiger partial charge >= 0.3 is 0 Å². The third-order valence-corrected chi connectivity index (χ3v) is 3.72. The molecule has 1 aliphatic rings. The molecule has 0 radical (unpaired) electrons. The molecule has 1 atom stereocenters. The maximum Gasteiger partial charge on any atom is 0.223 e. The van der Waals surface area contributed by atoms with E-state index in [0.717, 1.165) is 25.9 Å². The molecule has 1 fully saturated rings. The molecule has 5 nitrogen and oxygen atoms in total. The Morgan fingerprint density at radius 1 is 1.50 bits per heavy atom. The van der Waals surface area contributed by atoms with Crippen LogP contribution in [0.1, 0.15) is 26.2 Å². The van der Waals surface area contributed by atoms with E-state index in [2.05, 4.69) is 11.9 Å². The number of amides is 1. The fourth-order valence-electron chi connectivity index (χ4n) is 2.42. The second-order valence-corrected chi connectivity index (χ2v) is 5.39. The lowest BCUT2D eigenvalue weighted by molar-refractivity contribution is -0.136. The van der Waals surface area contributed by atoms with Gasteiger partial charge in [-0.15, -0.1) is 0 Å². The van der Waals surface area contributed by atoms with Gasteiger partial charge in [0.1, 0.15) is 0 Å². The normalized spacial score (nSPS) is 19.8. The van der Waals surface area contributed by atoms with Gasteiger partial charge in [0.2, 0.25) is 5.91 Å². The zero-order valence-corrected chi connectivity index (χ0v) is 11.6. The van der Waals surface area contributed by atoms with Gasteiger partial charge in [0, 0.05) is 19.0 Å². The molecule has 18 heavy (non-hydrogen) atoms. The van der Waals surface area contributed by atoms with Gasteiger partial charge < -0.3 is 20.6 Å². The van der Waals surface area contributed by atoms with Gasteiger partial charge in [-0.2, -0.15) is 0 Å². The summed E-state index contributed by atoms with van der Waals surface area (Å²) in [5, 5.41) is 9.13. The number of likely N-dealkylation sites (tertiary alicyclic amines) is 1. The molecule has 1 heterocycles. The number of aliphatic hydroxyl groups excluding tert-OH is 1. The average molecular weight is 257 g/mol. The molecular weight excluding hydrogens is 230 g/mol. The first-order chi connectivity index (χ1) is 8.58. The molecule has 0 aromatic rings. The van der Waals surface area contributed by atoms with Crippen LogP contribution in [0.3, 0.4) is 0 Å². The Morgan fingerprint density at radius 2 is 2.11 bits per heavy atom. The second-order valence-electron chi connectivity index (χ2n) is 5.39. The number of nitrogens with zero attached hydrogens (tertiary/aromatic N) is 2. The zero-order valence-electron chi connectivity index (χ0n) is 11.6. The number of piperidine rings is 1. The Hall–Kier alpha value is -0.650. The summed E-state index contributed by atoms with van der Waals surface area (Å²) >= 11 is 0. The van der Waals surface area contributed by atoms with Crippen LogP contribution >= 0.6 is 0 Å². The molecule has 1 amide bonds. The smallest absolute Gasteiger partial charge is 0.223 e. The number of carbonyl (C=O) groups excluding carboxylic acids is 1. The van der Waals surface area contributed by atoms with Gasteiger partial charge in [-0.05, 0) is 45.4 Å². The minimum Gasteiger partial charge on any atom is -0.395 e. The highest BCUT2D eigenvalue weighted by Crippen LogP contribution is 2.17. The van der Waals surface area contributed by atoms with Crippen molar-refractivity contribution in [1.29, 1.82) is 0 Å². The molecule has 0 saturated carbocycles. The number of rotatable bonds is 6. The maximum absolute atomic E-state index is 12.2. The van der Waals surface area contributed by atoms with Crippen molar-refractivity contribution in [3.05, 3.63) is 0 Å². The van der Waals surface area contributed by atoms with E-state index in [9.17, 15) is 4.79 Å². The van der Waals surface area contributed by atoms with Crippen molar-refractivity contribution in [3.63, 3.8) is 0 Å². The number of nitrogens with two attached hydrogens (primary N) is 1. The summed E-state index contributed by atoms with van der Waals surface area (Å²) in [5.41, 5.74) is 5.56. The van der Waals surface area contributed by atoms with Gasteiger partial charge in [0.05, 0.1) is 6.61 Å². The Morgan fingerprint density at radius 3 is 2.61 bits per heavy atom. The van der Waals surface area contributed by atoms with Crippen LogP contribution in [-0.2, 0) is 4.79 Å². The summed E-state index contributed by atoms with van der Waals surface area (Å²) in [5.74, 6) is 0.349. The molecular formula is C13H27N3O2. The first kappa shape index (κ1) is 15.4. The van der Waals surface area contributed by atoms with Crippen molar-refractivity contribution in [2.45, 2.75) is 32.2 Å². The summed E-state index contributed by atoms with van der Waals surface area (Å²) < 4.78 is 0. The molecule has 1 aliphatic heterocycles. The van der Waals surface area contributed by atoms with E-state index < -0.39 is 0 Å². The lowest BCUT2D eigenvalue weighted by atomic mass is 10.0. The number of carbonyl (C=O) groups is 1. The molecule has 0 spiro atoms. The van der Waals surface area contributed by atoms with Crippen molar-refractivity contribution in [2.24, 2.45) is 11.7 Å². The van der Waals surface area contributed by atoms with Crippen LogP contribution in [0.5, 0.6) is 0 Å². The van der Waals surface area contributed by atoms with Crippen LogP contribution in [0.25, 0.3) is 0 Å². The number of aliphatic hydroxyl groups is 1. The lowest BCUT2D eigenvalue weighted by Gasteiger charge is -2.37. The first-order valence-electron chi connectivity index (χ1n) is 6.87. The summed E-state index contributed by atoms with van der Waals surface area (Å²) in [6.07, 6.45) is 2.49. The Labute approximate surface area is 110 Å². The van der Waals surface area contributed by atoms with Crippen molar-refractivity contribution < 1.29 is 9.90 Å². The van der Waals surface area contributed by atoms with Crippen LogP contribution < -0.4 is 5.73 Å². The molecule has 0 aromatic carbocycles. The lowest BCUT2D eigenvalue weighted by Crippen LogP contribution is -2.48. The number of hydrogen-bond donors (Lipinski definition) is 2. The van der Waals surface area contributed by atoms with Gasteiger partial charge in [-0.25, -0.2) is 0 Å². The Kier molecular flexibility index (Phi) is 6.60. The molecule has 1 saturated heterocycles. The minimum atomic E-state index is 0.0368. The average Bonchev–Trinajstić information content (AvgIpc) is 2.37. The topological polar surface area (TPSA) is 69.8 Å². The van der Waals surface area contributed by atoms with Crippen molar-refractivity contribution in [1.82, 2.24) is 9.80 Å². The van der Waals surface area contributed by atoms with Crippen LogP contribution in [0, 0.1) is 5.92 Å². The molecule has 1 rings (SSSR count). The molecule has 106 valence electrons.